The van der Waals surface area contributed by atoms with Crippen LogP contribution in [0.3, 0.4) is 0 Å². The van der Waals surface area contributed by atoms with E-state index in [1.165, 1.54) is 69.2 Å². The van der Waals surface area contributed by atoms with Crippen molar-refractivity contribution in [3.05, 3.63) is 194 Å². The number of rotatable bonds is 8. The lowest BCUT2D eigenvalue weighted by Gasteiger charge is -2.55. The Balaban J connectivity index is 1.10. The Hall–Kier alpha value is -6.43. The van der Waals surface area contributed by atoms with Gasteiger partial charge in [0.05, 0.1) is 11.0 Å². The molecule has 0 spiro atoms. The molecule has 4 aliphatic carbocycles. The second-order valence-electron chi connectivity index (χ2n) is 17.6. The Morgan fingerprint density at radius 3 is 1.48 bits per heavy atom. The van der Waals surface area contributed by atoms with Crippen LogP contribution in [0, 0.1) is 23.7 Å². The summed E-state index contributed by atoms with van der Waals surface area (Å²) in [6, 6.07) is 68.9. The van der Waals surface area contributed by atoms with Gasteiger partial charge in [0.25, 0.3) is 0 Å². The lowest BCUT2D eigenvalue weighted by Crippen LogP contribution is -2.74. The summed E-state index contributed by atoms with van der Waals surface area (Å²) in [6.45, 7) is 0. The second kappa shape index (κ2) is 14.4. The number of hydrogen-bond donors (Lipinski definition) is 0. The molecule has 60 heavy (non-hydrogen) atoms. The quantitative estimate of drug-likeness (QED) is 0.114. The van der Waals surface area contributed by atoms with Gasteiger partial charge in [-0.1, -0.05) is 176 Å². The van der Waals surface area contributed by atoms with Gasteiger partial charge in [-0.05, 0) is 100 Å². The average Bonchev–Trinajstić information content (AvgIpc) is 3.65. The molecule has 0 saturated heterocycles. The molecule has 4 aliphatic rings. The number of hydrogen-bond acceptors (Lipinski definition) is 3. The van der Waals surface area contributed by atoms with Crippen molar-refractivity contribution in [1.29, 1.82) is 0 Å². The Bertz CT molecular complexity index is 2840. The van der Waals surface area contributed by atoms with Gasteiger partial charge in [0.1, 0.15) is 0 Å². The third kappa shape index (κ3) is 5.66. The predicted octanol–water partition coefficient (Wildman–Crippen LogP) is 10.2. The minimum atomic E-state index is -2.80. The van der Waals surface area contributed by atoms with Crippen LogP contribution >= 0.6 is 0 Å². The molecule has 13 rings (SSSR count). The highest BCUT2D eigenvalue weighted by Crippen LogP contribution is 2.60. The maximum absolute atomic E-state index is 5.54. The molecule has 2 aromatic heterocycles. The summed E-state index contributed by atoms with van der Waals surface area (Å²) in [5.41, 5.74) is 5.75. The first kappa shape index (κ1) is 35.5. The summed E-state index contributed by atoms with van der Waals surface area (Å²) in [7, 11) is -2.80. The van der Waals surface area contributed by atoms with Crippen molar-refractivity contribution in [2.75, 3.05) is 0 Å². The van der Waals surface area contributed by atoms with Gasteiger partial charge in [-0.15, -0.1) is 0 Å². The van der Waals surface area contributed by atoms with E-state index >= 15 is 0 Å². The molecule has 0 radical (unpaired) electrons. The molecule has 5 heteroatoms. The van der Waals surface area contributed by atoms with Gasteiger partial charge >= 0.3 is 0 Å². The fraction of sp³-hybridized carbons (Fsp3) is 0.182. The summed E-state index contributed by atoms with van der Waals surface area (Å²) in [6.07, 6.45) is 6.91. The maximum atomic E-state index is 5.54. The van der Waals surface area contributed by atoms with E-state index in [1.54, 1.807) is 0 Å². The molecule has 290 valence electrons. The van der Waals surface area contributed by atoms with Crippen molar-refractivity contribution >= 4 is 50.6 Å². The van der Waals surface area contributed by atoms with Gasteiger partial charge < -0.3 is 0 Å². The fourth-order valence-electron chi connectivity index (χ4n) is 12.2. The van der Waals surface area contributed by atoms with Crippen molar-refractivity contribution < 1.29 is 0 Å². The normalized spacial score (nSPS) is 20.8. The molecule has 2 heterocycles. The van der Waals surface area contributed by atoms with Crippen molar-refractivity contribution in [1.82, 2.24) is 19.5 Å². The molecule has 4 bridgehead atoms. The highest BCUT2D eigenvalue weighted by Gasteiger charge is 2.49. The Labute approximate surface area is 352 Å². The van der Waals surface area contributed by atoms with Gasteiger partial charge in [0.15, 0.2) is 19.7 Å². The van der Waals surface area contributed by atoms with Gasteiger partial charge in [0, 0.05) is 21.9 Å². The van der Waals surface area contributed by atoms with E-state index < -0.39 is 8.07 Å². The summed E-state index contributed by atoms with van der Waals surface area (Å²) < 4.78 is 2.26. The van der Waals surface area contributed by atoms with E-state index in [-0.39, 0.29) is 0 Å². The van der Waals surface area contributed by atoms with Gasteiger partial charge in [-0.2, -0.15) is 9.97 Å². The van der Waals surface area contributed by atoms with E-state index in [1.807, 2.05) is 0 Å². The highest BCUT2D eigenvalue weighted by atomic mass is 28.3. The zero-order valence-electron chi connectivity index (χ0n) is 33.6. The molecule has 4 nitrogen and oxygen atoms in total. The SMILES string of the molecule is c1ccc([Si](c2ccccc2)(c2ccccc2)c2cccc(-c3nc(-c4ccccc4C4C5CC6CC(C5)CC4C6)nc(-n4c5ccccc5c5ccccc54)n3)c2)cc1. The number of nitrogens with zero attached hydrogens (tertiary/aromatic N) is 4. The van der Waals surface area contributed by atoms with Gasteiger partial charge in [-0.3, -0.25) is 4.57 Å². The van der Waals surface area contributed by atoms with E-state index in [0.717, 1.165) is 51.7 Å². The minimum absolute atomic E-state index is 0.545. The largest absolute Gasteiger partial charge is 0.278 e. The van der Waals surface area contributed by atoms with Crippen molar-refractivity contribution in [2.45, 2.75) is 38.0 Å². The molecule has 4 saturated carbocycles. The Morgan fingerprint density at radius 1 is 0.417 bits per heavy atom. The zero-order valence-corrected chi connectivity index (χ0v) is 34.6. The van der Waals surface area contributed by atoms with Crippen molar-refractivity contribution in [2.24, 2.45) is 23.7 Å². The highest BCUT2D eigenvalue weighted by molar-refractivity contribution is 7.19. The van der Waals surface area contributed by atoms with Crippen LogP contribution in [0.2, 0.25) is 0 Å². The molecule has 0 N–H and O–H groups in total. The third-order valence-corrected chi connectivity index (χ3v) is 19.1. The number of benzene rings is 7. The Morgan fingerprint density at radius 2 is 0.900 bits per heavy atom. The van der Waals surface area contributed by atoms with Crippen LogP contribution in [0.1, 0.15) is 43.6 Å². The summed E-state index contributed by atoms with van der Waals surface area (Å²) in [5.74, 6) is 5.94. The smallest absolute Gasteiger partial charge is 0.238 e. The van der Waals surface area contributed by atoms with Crippen molar-refractivity contribution in [3.8, 4) is 28.7 Å². The summed E-state index contributed by atoms with van der Waals surface area (Å²) >= 11 is 0. The van der Waals surface area contributed by atoms with Gasteiger partial charge in [-0.25, -0.2) is 4.98 Å². The first-order valence-electron chi connectivity index (χ1n) is 21.8. The van der Waals surface area contributed by atoms with Crippen LogP contribution in [0.5, 0.6) is 0 Å². The topological polar surface area (TPSA) is 43.6 Å². The first-order chi connectivity index (χ1) is 29.7. The first-order valence-corrected chi connectivity index (χ1v) is 23.8. The van der Waals surface area contributed by atoms with Gasteiger partial charge in [0.2, 0.25) is 5.95 Å². The Kier molecular flexibility index (Phi) is 8.51. The molecule has 0 unspecified atom stereocenters. The van der Waals surface area contributed by atoms with Crippen LogP contribution in [0.15, 0.2) is 188 Å². The van der Waals surface area contributed by atoms with Crippen LogP contribution < -0.4 is 20.7 Å². The molecule has 9 aromatic rings. The number of aromatic nitrogens is 4. The predicted molar refractivity (Wildman–Crippen MR) is 248 cm³/mol. The number of para-hydroxylation sites is 2. The maximum Gasteiger partial charge on any atom is 0.238 e. The second-order valence-corrected chi connectivity index (χ2v) is 21.4. The molecule has 7 aromatic carbocycles. The third-order valence-electron chi connectivity index (χ3n) is 14.4. The molecular formula is C55H46N4Si. The summed E-state index contributed by atoms with van der Waals surface area (Å²) in [5, 5.41) is 7.69. The molecule has 0 atom stereocenters. The van der Waals surface area contributed by atoms with E-state index in [4.69, 9.17) is 15.0 Å². The van der Waals surface area contributed by atoms with Crippen LogP contribution in [-0.4, -0.2) is 27.6 Å². The van der Waals surface area contributed by atoms with E-state index in [9.17, 15) is 0 Å². The minimum Gasteiger partial charge on any atom is -0.278 e. The van der Waals surface area contributed by atoms with Crippen LogP contribution in [0.4, 0.5) is 0 Å². The average molecular weight is 791 g/mol. The molecular weight excluding hydrogens is 745 g/mol. The van der Waals surface area contributed by atoms with E-state index in [0.29, 0.717) is 17.7 Å². The van der Waals surface area contributed by atoms with Crippen molar-refractivity contribution in [3.63, 3.8) is 0 Å². The molecule has 0 amide bonds. The fourth-order valence-corrected chi connectivity index (χ4v) is 17.0. The summed E-state index contributed by atoms with van der Waals surface area (Å²) in [4.78, 5) is 16.5. The van der Waals surface area contributed by atoms with Crippen LogP contribution in [0.25, 0.3) is 50.5 Å². The number of fused-ring (bicyclic) bond motifs is 3. The van der Waals surface area contributed by atoms with Crippen LogP contribution in [-0.2, 0) is 0 Å². The lowest BCUT2D eigenvalue weighted by molar-refractivity contribution is -0.00261. The molecule has 0 aliphatic heterocycles. The van der Waals surface area contributed by atoms with E-state index in [2.05, 4.69) is 193 Å². The zero-order chi connectivity index (χ0) is 39.6. The standard InChI is InChI=1S/C55H46N4Si/c1-4-18-42(19-5-1)60(43-20-6-2-7-21-43,44-22-8-3-9-23-44)45-24-16-17-39(36-45)53-56-54(49-28-11-10-27-48(49)52-40-32-37-31-38(34-40)35-41(52)33-37)58-55(57-53)59-50-29-14-12-25-46(50)47-26-13-15-30-51(47)59/h1-30,36-38,40-41,52H,31-35H2. The lowest BCUT2D eigenvalue weighted by atomic mass is 9.50. The molecule has 4 fully saturated rings. The monoisotopic (exact) mass is 790 g/mol.